The summed E-state index contributed by atoms with van der Waals surface area (Å²) in [5.74, 6) is 15.8. The third kappa shape index (κ3) is 87.7. The number of rotatable bonds is 32. The quantitative estimate of drug-likeness (QED) is 0.0378. The zero-order valence-corrected chi connectivity index (χ0v) is 101. The van der Waals surface area contributed by atoms with Gasteiger partial charge in [0.25, 0.3) is 0 Å². The summed E-state index contributed by atoms with van der Waals surface area (Å²) in [5.41, 5.74) is 8.15. The molecule has 0 saturated carbocycles. The van der Waals surface area contributed by atoms with Gasteiger partial charge in [-0.25, -0.2) is 29.3 Å². The van der Waals surface area contributed by atoms with E-state index in [2.05, 4.69) is 336 Å². The number of pyridine rings is 1. The summed E-state index contributed by atoms with van der Waals surface area (Å²) >= 11 is 8.56. The third-order valence-corrected chi connectivity index (χ3v) is 23.7. The first kappa shape index (κ1) is 138. The van der Waals surface area contributed by atoms with Crippen molar-refractivity contribution in [3.8, 4) is 0 Å². The molecule has 2 atom stereocenters. The molecule has 2 unspecified atom stereocenters. The van der Waals surface area contributed by atoms with Crippen molar-refractivity contribution in [2.75, 3.05) is 13.2 Å². The highest BCUT2D eigenvalue weighted by Crippen LogP contribution is 2.23. The number of hydrogen-bond acceptors (Lipinski definition) is 29. The van der Waals surface area contributed by atoms with Crippen LogP contribution in [0.1, 0.15) is 343 Å². The molecular formula is C120H193N17O7S5. The van der Waals surface area contributed by atoms with Gasteiger partial charge in [-0.3, -0.25) is 19.9 Å². The Labute approximate surface area is 920 Å². The Balaban J connectivity index is 0.000000795. The number of oxazole rings is 2. The average Bonchev–Trinajstić information content (AvgIpc) is 1.59. The monoisotopic (exact) mass is 2140 g/mol. The molecule has 830 valence electrons. The molecule has 16 rings (SSSR count). The lowest BCUT2D eigenvalue weighted by molar-refractivity contribution is 0.00419. The second-order valence-electron chi connectivity index (χ2n) is 43.8. The minimum atomic E-state index is 0.578. The Kier molecular flexibility index (Phi) is 82.2. The van der Waals surface area contributed by atoms with Gasteiger partial charge in [-0.2, -0.15) is 10.2 Å². The van der Waals surface area contributed by atoms with Crippen molar-refractivity contribution < 1.29 is 31.7 Å². The van der Waals surface area contributed by atoms with Crippen molar-refractivity contribution >= 4 is 56.9 Å². The third-order valence-electron chi connectivity index (χ3n) is 19.7. The highest BCUT2D eigenvalue weighted by Gasteiger charge is 2.17. The largest absolute Gasteiger partial charge is 0.469 e. The average molecular weight is 2150 g/mol. The molecule has 0 amide bonds. The van der Waals surface area contributed by atoms with E-state index < -0.39 is 0 Å². The van der Waals surface area contributed by atoms with Crippen LogP contribution in [0.25, 0.3) is 0 Å². The first-order valence-electron chi connectivity index (χ1n) is 54.4. The summed E-state index contributed by atoms with van der Waals surface area (Å²) < 4.78 is 40.1. The maximum atomic E-state index is 5.59. The zero-order chi connectivity index (χ0) is 111. The maximum absolute atomic E-state index is 5.59. The molecule has 16 heterocycles. The smallest absolute Gasteiger partial charge is 0.216 e. The molecule has 0 bridgehead atoms. The van der Waals surface area contributed by atoms with Crippen LogP contribution in [0.15, 0.2) is 223 Å². The number of aromatic nitrogens is 17. The number of hydrogen-bond donors (Lipinski definition) is 0. The molecule has 0 N–H and O–H groups in total. The van der Waals surface area contributed by atoms with Crippen LogP contribution < -0.4 is 0 Å². The summed E-state index contributed by atoms with van der Waals surface area (Å²) in [6, 6.07) is 24.2. The standard InChI is InChI=1S/C9H13N.C9H18O.3C8H12N2.C8H16O.C8H12O.C8H12S.3C7H11NO.3C7H11NS.C6H10N2O.C6H10N2S/c2*1-8(2)7-9-5-3-4-6-10-9;1-7(2)5-8-6-9-3-4-10-8;1-7(2)5-8-3-4-9-6-10-8;1-7(2)6-8-4-3-5-9-10-8;3*1-7(2)6-8-4-3-5-9-8;1-6(2)3-7-4-8-5-9-7;1-6(2)5-7-8-3-4-9-7;1-6(2)5-7-3-4-8-9-7;1-6(2)3-7-4-8-5-9-7;1-6(2)5-7-8-3-4-9-7;1-6(2)5-7-3-4-8-9-7;2*1-5(2)3-6-8-7-4-9-6/h3-6,8H,7H2,1-2H3;8-9H,3-7H2,1-2H3;2*3-4,6-7H,5H2,1-2H3;3-5,7H,6H2,1-2H3;7-8H,3-6H2,1-2H3;2*3-5,7H,6H2,1-2H3;4-6H,3H2,1-2H3;2*3-4,6H,5H2,1-2H3;4-6H,3H2,1-2H3;2*3-4,6H,5H2,1-2H3;2*4-5H,3H2,1-2H3. The van der Waals surface area contributed by atoms with Gasteiger partial charge in [0.2, 0.25) is 12.3 Å². The molecular weight excluding hydrogens is 1950 g/mol. The predicted octanol–water partition coefficient (Wildman–Crippen LogP) is 33.2. The van der Waals surface area contributed by atoms with Crippen LogP contribution in [-0.2, 0) is 99.4 Å². The minimum absolute atomic E-state index is 0.578. The van der Waals surface area contributed by atoms with E-state index in [4.69, 9.17) is 31.7 Å². The second-order valence-corrected chi connectivity index (χ2v) is 48.6. The normalized spacial score (nSPS) is 12.6. The number of furan rings is 1. The Morgan fingerprint density at radius 2 is 0.866 bits per heavy atom. The number of thiophene rings is 1. The van der Waals surface area contributed by atoms with Crippen LogP contribution in [0, 0.1) is 94.7 Å². The van der Waals surface area contributed by atoms with E-state index in [1.165, 1.54) is 102 Å². The van der Waals surface area contributed by atoms with Gasteiger partial charge < -0.3 is 31.7 Å². The summed E-state index contributed by atoms with van der Waals surface area (Å²) in [7, 11) is 0. The fourth-order valence-corrected chi connectivity index (χ4v) is 17.8. The number of thiazole rings is 2. The van der Waals surface area contributed by atoms with Gasteiger partial charge in [-0.05, 0) is 256 Å². The highest BCUT2D eigenvalue weighted by molar-refractivity contribution is 7.10. The Bertz CT molecular complexity index is 4110. The van der Waals surface area contributed by atoms with Crippen molar-refractivity contribution in [1.82, 2.24) is 85.0 Å². The molecule has 29 heteroatoms. The van der Waals surface area contributed by atoms with Crippen LogP contribution in [0.4, 0.5) is 0 Å². The summed E-state index contributed by atoms with van der Waals surface area (Å²) in [4.78, 5) is 40.6. The molecule has 0 radical (unpaired) electrons. The molecule has 0 spiro atoms. The van der Waals surface area contributed by atoms with E-state index in [0.717, 1.165) is 171 Å². The van der Waals surface area contributed by atoms with Gasteiger partial charge in [0, 0.05) is 151 Å². The van der Waals surface area contributed by atoms with E-state index in [-0.39, 0.29) is 0 Å². The molecule has 24 nitrogen and oxygen atoms in total. The Morgan fingerprint density at radius 1 is 0.289 bits per heavy atom. The van der Waals surface area contributed by atoms with Crippen LogP contribution in [-0.4, -0.2) is 110 Å². The lowest BCUT2D eigenvalue weighted by atomic mass is 10.00. The number of nitrogens with zero attached hydrogens (tertiary/aromatic N) is 17. The SMILES string of the molecule is CC(C)CC1CCCCO1.CC(C)CC1CCCO1.CC(C)Cc1ccccn1.CC(C)Cc1cccnn1.CC(C)Cc1ccco1.CC(C)Cc1cccs1.CC(C)Cc1ccncn1.CC(C)Cc1ccno1.CC(C)Cc1ccns1.CC(C)Cc1cnccn1.CC(C)Cc1cnco1.CC(C)Cc1cncs1.CC(C)Cc1ncco1.CC(C)Cc1nccs1.CC(C)Cc1nnco1.CC(C)Cc1nncs1. The summed E-state index contributed by atoms with van der Waals surface area (Å²) in [5, 5.41) is 32.9. The van der Waals surface area contributed by atoms with Crippen molar-refractivity contribution in [2.45, 2.75) is 369 Å². The van der Waals surface area contributed by atoms with Crippen molar-refractivity contribution in [2.24, 2.45) is 94.7 Å². The lowest BCUT2D eigenvalue weighted by Crippen LogP contribution is -2.20. The fraction of sp³-hybridized carbons (Fsp3) is 0.608. The van der Waals surface area contributed by atoms with Crippen LogP contribution >= 0.6 is 56.9 Å². The van der Waals surface area contributed by atoms with Crippen molar-refractivity contribution in [1.29, 1.82) is 0 Å². The minimum Gasteiger partial charge on any atom is -0.469 e. The van der Waals surface area contributed by atoms with E-state index >= 15 is 0 Å². The Morgan fingerprint density at radius 3 is 1.30 bits per heavy atom. The lowest BCUT2D eigenvalue weighted by Gasteiger charge is -2.23. The summed E-state index contributed by atoms with van der Waals surface area (Å²) in [6.45, 7) is 72.2. The van der Waals surface area contributed by atoms with Gasteiger partial charge in [0.1, 0.15) is 40.4 Å². The molecule has 2 aliphatic heterocycles. The molecule has 0 aliphatic carbocycles. The maximum Gasteiger partial charge on any atom is 0.216 e. The van der Waals surface area contributed by atoms with Crippen LogP contribution in [0.3, 0.4) is 0 Å². The van der Waals surface area contributed by atoms with Gasteiger partial charge in [0.15, 0.2) is 12.3 Å². The molecule has 2 saturated heterocycles. The van der Waals surface area contributed by atoms with E-state index in [0.29, 0.717) is 71.4 Å². The topological polar surface area (TPSA) is 303 Å². The van der Waals surface area contributed by atoms with Crippen molar-refractivity contribution in [3.63, 3.8) is 0 Å². The molecule has 2 fully saturated rings. The van der Waals surface area contributed by atoms with Crippen LogP contribution in [0.5, 0.6) is 0 Å². The zero-order valence-electron chi connectivity index (χ0n) is 97.2. The second kappa shape index (κ2) is 89.0. The molecule has 14 aromatic rings. The molecule has 149 heavy (non-hydrogen) atoms. The van der Waals surface area contributed by atoms with Gasteiger partial charge in [-0.1, -0.05) is 239 Å². The molecule has 2 aliphatic rings. The van der Waals surface area contributed by atoms with Gasteiger partial charge in [0.05, 0.1) is 59.0 Å². The number of ether oxygens (including phenoxy) is 2. The van der Waals surface area contributed by atoms with Crippen LogP contribution in [0.2, 0.25) is 0 Å². The molecule has 0 aromatic carbocycles. The Hall–Kier alpha value is -9.49. The highest BCUT2D eigenvalue weighted by atomic mass is 32.1. The first-order chi connectivity index (χ1) is 71.1. The van der Waals surface area contributed by atoms with Gasteiger partial charge >= 0.3 is 0 Å². The fourth-order valence-electron chi connectivity index (χ4n) is 13.7. The molecule has 14 aromatic heterocycles. The van der Waals surface area contributed by atoms with E-state index in [9.17, 15) is 0 Å². The van der Waals surface area contributed by atoms with E-state index in [1.54, 1.807) is 113 Å². The van der Waals surface area contributed by atoms with Crippen molar-refractivity contribution in [3.05, 3.63) is 277 Å². The van der Waals surface area contributed by atoms with E-state index in [1.807, 2.05) is 102 Å². The predicted molar refractivity (Wildman–Crippen MR) is 624 cm³/mol. The van der Waals surface area contributed by atoms with Gasteiger partial charge in [-0.15, -0.1) is 65.7 Å². The first-order valence-corrected chi connectivity index (χ1v) is 58.6. The summed E-state index contributed by atoms with van der Waals surface area (Å²) in [6.07, 6.45) is 54.1.